The number of carbonyl (C=O) groups is 1. The van der Waals surface area contributed by atoms with E-state index in [4.69, 9.17) is 15.2 Å². The van der Waals surface area contributed by atoms with Gasteiger partial charge >= 0.3 is 0 Å². The quantitative estimate of drug-likeness (QED) is 0.819. The predicted molar refractivity (Wildman–Crippen MR) is 74.8 cm³/mol. The van der Waals surface area contributed by atoms with E-state index in [-0.39, 0.29) is 5.91 Å². The highest BCUT2D eigenvalue weighted by Gasteiger charge is 2.20. The molecule has 5 nitrogen and oxygen atoms in total. The second kappa shape index (κ2) is 6.43. The zero-order valence-corrected chi connectivity index (χ0v) is 11.9. The first kappa shape index (κ1) is 15.3. The van der Waals surface area contributed by atoms with Gasteiger partial charge in [0.2, 0.25) is 0 Å². The summed E-state index contributed by atoms with van der Waals surface area (Å²) in [6.45, 7) is 6.55. The van der Waals surface area contributed by atoms with Gasteiger partial charge in [-0.1, -0.05) is 0 Å². The van der Waals surface area contributed by atoms with Crippen LogP contribution in [0.25, 0.3) is 0 Å². The molecule has 106 valence electrons. The molecule has 0 saturated heterocycles. The predicted octanol–water partition coefficient (Wildman–Crippen LogP) is 1.56. The maximum Gasteiger partial charge on any atom is 0.251 e. The topological polar surface area (TPSA) is 73.6 Å². The van der Waals surface area contributed by atoms with Gasteiger partial charge in [0, 0.05) is 17.6 Å². The molecule has 1 rings (SSSR count). The first-order valence-electron chi connectivity index (χ1n) is 6.27. The Morgan fingerprint density at radius 2 is 2.05 bits per heavy atom. The van der Waals surface area contributed by atoms with E-state index in [2.05, 4.69) is 5.32 Å². The van der Waals surface area contributed by atoms with Crippen molar-refractivity contribution in [2.75, 3.05) is 20.3 Å². The molecule has 0 fully saturated rings. The second-order valence-electron chi connectivity index (χ2n) is 4.84. The Hall–Kier alpha value is -1.75. The van der Waals surface area contributed by atoms with Crippen LogP contribution >= 0.6 is 0 Å². The summed E-state index contributed by atoms with van der Waals surface area (Å²) >= 11 is 0. The fourth-order valence-electron chi connectivity index (χ4n) is 1.51. The first-order chi connectivity index (χ1) is 8.93. The molecule has 5 heteroatoms. The average Bonchev–Trinajstić information content (AvgIpc) is 2.39. The number of hydrogen-bond donors (Lipinski definition) is 2. The normalized spacial score (nSPS) is 11.0. The van der Waals surface area contributed by atoms with Gasteiger partial charge in [-0.2, -0.15) is 0 Å². The highest BCUT2D eigenvalue weighted by molar-refractivity contribution is 5.95. The van der Waals surface area contributed by atoms with E-state index in [1.165, 1.54) is 0 Å². The first-order valence-corrected chi connectivity index (χ1v) is 6.27. The third-order valence-electron chi connectivity index (χ3n) is 2.69. The van der Waals surface area contributed by atoms with E-state index in [9.17, 15) is 4.79 Å². The minimum absolute atomic E-state index is 0.184. The summed E-state index contributed by atoms with van der Waals surface area (Å²) in [4.78, 5) is 12.1. The summed E-state index contributed by atoms with van der Waals surface area (Å²) in [5, 5.41) is 2.86. The third kappa shape index (κ3) is 4.13. The maximum atomic E-state index is 12.1. The molecular weight excluding hydrogens is 244 g/mol. The molecule has 1 aromatic carbocycles. The summed E-state index contributed by atoms with van der Waals surface area (Å²) in [5.41, 5.74) is 5.67. The number of nitrogens with one attached hydrogen (secondary N) is 1. The van der Waals surface area contributed by atoms with Crippen molar-refractivity contribution in [2.24, 2.45) is 5.73 Å². The summed E-state index contributed by atoms with van der Waals surface area (Å²) in [6, 6.07) is 5.09. The van der Waals surface area contributed by atoms with E-state index in [0.717, 1.165) is 0 Å². The van der Waals surface area contributed by atoms with Crippen LogP contribution in [-0.4, -0.2) is 31.7 Å². The Balaban J connectivity index is 2.93. The van der Waals surface area contributed by atoms with Gasteiger partial charge in [-0.3, -0.25) is 4.79 Å². The van der Waals surface area contributed by atoms with Crippen molar-refractivity contribution in [3.8, 4) is 11.5 Å². The van der Waals surface area contributed by atoms with Gasteiger partial charge in [-0.25, -0.2) is 0 Å². The molecule has 1 aromatic rings. The van der Waals surface area contributed by atoms with Crippen molar-refractivity contribution in [1.82, 2.24) is 5.32 Å². The lowest BCUT2D eigenvalue weighted by Gasteiger charge is -2.24. The number of amides is 1. The number of hydrogen-bond acceptors (Lipinski definition) is 4. The van der Waals surface area contributed by atoms with Crippen LogP contribution in [0.5, 0.6) is 11.5 Å². The van der Waals surface area contributed by atoms with Gasteiger partial charge in [0.1, 0.15) is 0 Å². The Labute approximate surface area is 114 Å². The number of nitrogens with two attached hydrogens (primary N) is 1. The fraction of sp³-hybridized carbons (Fsp3) is 0.500. The SMILES string of the molecule is CCOc1ccc(C(=O)NC(C)(C)CN)cc1OC. The molecule has 0 radical (unpaired) electrons. The summed E-state index contributed by atoms with van der Waals surface area (Å²) < 4.78 is 10.6. The van der Waals surface area contributed by atoms with E-state index in [1.54, 1.807) is 25.3 Å². The largest absolute Gasteiger partial charge is 0.493 e. The van der Waals surface area contributed by atoms with E-state index in [0.29, 0.717) is 30.2 Å². The molecule has 0 atom stereocenters. The smallest absolute Gasteiger partial charge is 0.251 e. The highest BCUT2D eigenvalue weighted by atomic mass is 16.5. The minimum Gasteiger partial charge on any atom is -0.493 e. The van der Waals surface area contributed by atoms with Gasteiger partial charge in [0.15, 0.2) is 11.5 Å². The monoisotopic (exact) mass is 266 g/mol. The molecule has 1 amide bonds. The Morgan fingerprint density at radius 1 is 1.37 bits per heavy atom. The van der Waals surface area contributed by atoms with Crippen LogP contribution in [0.4, 0.5) is 0 Å². The van der Waals surface area contributed by atoms with Crippen LogP contribution < -0.4 is 20.5 Å². The minimum atomic E-state index is -0.442. The molecule has 19 heavy (non-hydrogen) atoms. The van der Waals surface area contributed by atoms with Crippen LogP contribution in [0.1, 0.15) is 31.1 Å². The van der Waals surface area contributed by atoms with Crippen molar-refractivity contribution >= 4 is 5.91 Å². The van der Waals surface area contributed by atoms with Crippen molar-refractivity contribution in [3.63, 3.8) is 0 Å². The van der Waals surface area contributed by atoms with Crippen molar-refractivity contribution < 1.29 is 14.3 Å². The van der Waals surface area contributed by atoms with Crippen LogP contribution in [-0.2, 0) is 0 Å². The molecule has 0 spiro atoms. The van der Waals surface area contributed by atoms with Gasteiger partial charge < -0.3 is 20.5 Å². The number of carbonyl (C=O) groups excluding carboxylic acids is 1. The zero-order chi connectivity index (χ0) is 14.5. The average molecular weight is 266 g/mol. The number of ether oxygens (including phenoxy) is 2. The van der Waals surface area contributed by atoms with Crippen LogP contribution in [0, 0.1) is 0 Å². The van der Waals surface area contributed by atoms with Crippen molar-refractivity contribution in [2.45, 2.75) is 26.3 Å². The molecule has 0 unspecified atom stereocenters. The lowest BCUT2D eigenvalue weighted by atomic mass is 10.1. The summed E-state index contributed by atoms with van der Waals surface area (Å²) in [5.74, 6) is 0.983. The highest BCUT2D eigenvalue weighted by Crippen LogP contribution is 2.28. The lowest BCUT2D eigenvalue weighted by molar-refractivity contribution is 0.0915. The number of rotatable bonds is 6. The van der Waals surface area contributed by atoms with Gasteiger partial charge in [-0.15, -0.1) is 0 Å². The molecular formula is C14H22N2O3. The summed E-state index contributed by atoms with van der Waals surface area (Å²) in [6.07, 6.45) is 0. The summed E-state index contributed by atoms with van der Waals surface area (Å²) in [7, 11) is 1.54. The standard InChI is InChI=1S/C14H22N2O3/c1-5-19-11-7-6-10(8-12(11)18-4)13(17)16-14(2,3)9-15/h6-8H,5,9,15H2,1-4H3,(H,16,17). The molecule has 3 N–H and O–H groups in total. The Bertz CT molecular complexity index is 444. The van der Waals surface area contributed by atoms with Crippen molar-refractivity contribution in [1.29, 1.82) is 0 Å². The van der Waals surface area contributed by atoms with Gasteiger partial charge in [-0.05, 0) is 39.0 Å². The number of benzene rings is 1. The molecule has 0 aliphatic rings. The molecule has 0 heterocycles. The fourth-order valence-corrected chi connectivity index (χ4v) is 1.51. The molecule has 0 aliphatic carbocycles. The van der Waals surface area contributed by atoms with Crippen LogP contribution in [0.2, 0.25) is 0 Å². The lowest BCUT2D eigenvalue weighted by Crippen LogP contribution is -2.48. The van der Waals surface area contributed by atoms with Crippen LogP contribution in [0.15, 0.2) is 18.2 Å². The van der Waals surface area contributed by atoms with Gasteiger partial charge in [0.25, 0.3) is 5.91 Å². The van der Waals surface area contributed by atoms with Crippen LogP contribution in [0.3, 0.4) is 0 Å². The number of methoxy groups -OCH3 is 1. The third-order valence-corrected chi connectivity index (χ3v) is 2.69. The maximum absolute atomic E-state index is 12.1. The molecule has 0 aliphatic heterocycles. The Kier molecular flexibility index (Phi) is 5.18. The Morgan fingerprint density at radius 3 is 2.58 bits per heavy atom. The zero-order valence-electron chi connectivity index (χ0n) is 11.9. The van der Waals surface area contributed by atoms with Crippen molar-refractivity contribution in [3.05, 3.63) is 23.8 Å². The van der Waals surface area contributed by atoms with E-state index >= 15 is 0 Å². The second-order valence-corrected chi connectivity index (χ2v) is 4.84. The molecule has 0 saturated carbocycles. The van der Waals surface area contributed by atoms with Gasteiger partial charge in [0.05, 0.1) is 13.7 Å². The van der Waals surface area contributed by atoms with E-state index in [1.807, 2.05) is 20.8 Å². The molecule has 0 aromatic heterocycles. The van der Waals surface area contributed by atoms with E-state index < -0.39 is 5.54 Å². The molecule has 0 bridgehead atoms.